The first kappa shape index (κ1) is 16.6. The lowest BCUT2D eigenvalue weighted by atomic mass is 10.2. The number of rotatable bonds is 8. The summed E-state index contributed by atoms with van der Waals surface area (Å²) in [6, 6.07) is 0.430. The minimum Gasteiger partial charge on any atom is -0.396 e. The van der Waals surface area contributed by atoms with Gasteiger partial charge in [0.1, 0.15) is 0 Å². The molecule has 19 heavy (non-hydrogen) atoms. The van der Waals surface area contributed by atoms with E-state index in [1.807, 2.05) is 11.3 Å². The van der Waals surface area contributed by atoms with Crippen molar-refractivity contribution in [2.75, 3.05) is 20.2 Å². The molecule has 1 rings (SSSR count). The summed E-state index contributed by atoms with van der Waals surface area (Å²) in [5, 5.41) is 10.0. The first-order chi connectivity index (χ1) is 8.97. The average Bonchev–Trinajstić information content (AvgIpc) is 2.76. The zero-order valence-corrected chi connectivity index (χ0v) is 13.8. The highest BCUT2D eigenvalue weighted by Crippen LogP contribution is 2.31. The highest BCUT2D eigenvalue weighted by molar-refractivity contribution is 7.11. The smallest absolute Gasteiger partial charge is 0.0956 e. The largest absolute Gasteiger partial charge is 0.396 e. The molecule has 1 atom stereocenters. The summed E-state index contributed by atoms with van der Waals surface area (Å²) < 4.78 is 0. The lowest BCUT2D eigenvalue weighted by Gasteiger charge is -2.24. The van der Waals surface area contributed by atoms with E-state index in [9.17, 15) is 0 Å². The van der Waals surface area contributed by atoms with Crippen molar-refractivity contribution in [3.8, 4) is 0 Å². The normalized spacial score (nSPS) is 13.5. The van der Waals surface area contributed by atoms with Crippen molar-refractivity contribution in [1.29, 1.82) is 0 Å². The lowest BCUT2D eigenvalue weighted by molar-refractivity contribution is 0.246. The number of aromatic nitrogens is 1. The molecule has 0 radical (unpaired) electrons. The SMILES string of the molecule is Cc1nc(C(C)C)sc1C(C)N(C)CCCCCO. The van der Waals surface area contributed by atoms with Crippen LogP contribution in [0.5, 0.6) is 0 Å². The molecule has 4 heteroatoms. The second-order valence-corrected chi connectivity index (χ2v) is 6.66. The Balaban J connectivity index is 2.58. The third-order valence-corrected chi connectivity index (χ3v) is 5.18. The Morgan fingerprint density at radius 1 is 1.21 bits per heavy atom. The average molecular weight is 284 g/mol. The Hall–Kier alpha value is -0.450. The van der Waals surface area contributed by atoms with Gasteiger partial charge in [-0.2, -0.15) is 0 Å². The van der Waals surface area contributed by atoms with Gasteiger partial charge in [0.2, 0.25) is 0 Å². The van der Waals surface area contributed by atoms with Crippen molar-refractivity contribution in [3.63, 3.8) is 0 Å². The molecule has 0 aliphatic heterocycles. The molecule has 0 amide bonds. The van der Waals surface area contributed by atoms with E-state index in [1.165, 1.54) is 15.6 Å². The molecule has 0 saturated carbocycles. The molecule has 0 aromatic carbocycles. The van der Waals surface area contributed by atoms with E-state index in [0.29, 0.717) is 18.6 Å². The zero-order chi connectivity index (χ0) is 14.4. The quantitative estimate of drug-likeness (QED) is 0.739. The van der Waals surface area contributed by atoms with E-state index in [0.717, 1.165) is 25.8 Å². The van der Waals surface area contributed by atoms with Crippen LogP contribution in [0.25, 0.3) is 0 Å². The van der Waals surface area contributed by atoms with Crippen LogP contribution in [0.2, 0.25) is 0 Å². The zero-order valence-electron chi connectivity index (χ0n) is 12.9. The van der Waals surface area contributed by atoms with E-state index in [1.54, 1.807) is 0 Å². The second-order valence-electron chi connectivity index (χ2n) is 5.60. The van der Waals surface area contributed by atoms with Gasteiger partial charge in [-0.05, 0) is 46.7 Å². The van der Waals surface area contributed by atoms with Gasteiger partial charge in [-0.25, -0.2) is 4.98 Å². The van der Waals surface area contributed by atoms with E-state index in [2.05, 4.69) is 44.6 Å². The monoisotopic (exact) mass is 284 g/mol. The van der Waals surface area contributed by atoms with Gasteiger partial charge in [0, 0.05) is 23.4 Å². The van der Waals surface area contributed by atoms with E-state index in [-0.39, 0.29) is 0 Å². The molecule has 0 fully saturated rings. The third-order valence-electron chi connectivity index (χ3n) is 3.55. The highest BCUT2D eigenvalue weighted by atomic mass is 32.1. The van der Waals surface area contributed by atoms with Crippen LogP contribution >= 0.6 is 11.3 Å². The fraction of sp³-hybridized carbons (Fsp3) is 0.800. The van der Waals surface area contributed by atoms with Crippen LogP contribution in [-0.2, 0) is 0 Å². The maximum absolute atomic E-state index is 8.79. The number of aryl methyl sites for hydroxylation is 1. The van der Waals surface area contributed by atoms with Crippen LogP contribution in [0.15, 0.2) is 0 Å². The van der Waals surface area contributed by atoms with Crippen molar-refractivity contribution in [1.82, 2.24) is 9.88 Å². The molecular formula is C15H28N2OS. The van der Waals surface area contributed by atoms with Crippen LogP contribution in [0.4, 0.5) is 0 Å². The topological polar surface area (TPSA) is 36.4 Å². The number of nitrogens with zero attached hydrogens (tertiary/aromatic N) is 2. The maximum Gasteiger partial charge on any atom is 0.0956 e. The molecule has 3 nitrogen and oxygen atoms in total. The minimum atomic E-state index is 0.310. The second kappa shape index (κ2) is 7.98. The van der Waals surface area contributed by atoms with Crippen molar-refractivity contribution >= 4 is 11.3 Å². The van der Waals surface area contributed by atoms with Crippen LogP contribution in [0, 0.1) is 6.92 Å². The van der Waals surface area contributed by atoms with E-state index in [4.69, 9.17) is 5.11 Å². The standard InChI is InChI=1S/C15H28N2OS/c1-11(2)15-16-12(3)14(19-15)13(4)17(5)9-7-6-8-10-18/h11,13,18H,6-10H2,1-5H3. The van der Waals surface area contributed by atoms with Gasteiger partial charge in [-0.15, -0.1) is 11.3 Å². The molecule has 0 spiro atoms. The van der Waals surface area contributed by atoms with Gasteiger partial charge >= 0.3 is 0 Å². The number of aliphatic hydroxyl groups excluding tert-OH is 1. The molecule has 0 saturated heterocycles. The summed E-state index contributed by atoms with van der Waals surface area (Å²) in [4.78, 5) is 8.47. The van der Waals surface area contributed by atoms with E-state index >= 15 is 0 Å². The fourth-order valence-corrected chi connectivity index (χ4v) is 3.30. The molecule has 1 aromatic rings. The summed E-state index contributed by atoms with van der Waals surface area (Å²) in [7, 11) is 2.18. The van der Waals surface area contributed by atoms with Crippen molar-refractivity contribution in [2.24, 2.45) is 0 Å². The van der Waals surface area contributed by atoms with Crippen molar-refractivity contribution < 1.29 is 5.11 Å². The fourth-order valence-electron chi connectivity index (χ4n) is 2.11. The van der Waals surface area contributed by atoms with Crippen LogP contribution < -0.4 is 0 Å². The summed E-state index contributed by atoms with van der Waals surface area (Å²) in [6.45, 7) is 10.2. The Morgan fingerprint density at radius 3 is 2.42 bits per heavy atom. The molecule has 0 aliphatic rings. The van der Waals surface area contributed by atoms with E-state index < -0.39 is 0 Å². The molecule has 1 N–H and O–H groups in total. The van der Waals surface area contributed by atoms with Gasteiger partial charge in [-0.1, -0.05) is 13.8 Å². The number of hydrogen-bond donors (Lipinski definition) is 1. The Morgan fingerprint density at radius 2 is 1.89 bits per heavy atom. The molecular weight excluding hydrogens is 256 g/mol. The van der Waals surface area contributed by atoms with Gasteiger partial charge in [0.25, 0.3) is 0 Å². The summed E-state index contributed by atoms with van der Waals surface area (Å²) in [5.41, 5.74) is 1.18. The van der Waals surface area contributed by atoms with Gasteiger partial charge < -0.3 is 5.11 Å². The third kappa shape index (κ3) is 4.86. The van der Waals surface area contributed by atoms with Crippen molar-refractivity contribution in [3.05, 3.63) is 15.6 Å². The lowest BCUT2D eigenvalue weighted by Crippen LogP contribution is -2.23. The summed E-state index contributed by atoms with van der Waals surface area (Å²) in [5.74, 6) is 0.513. The van der Waals surface area contributed by atoms with Gasteiger partial charge in [0.15, 0.2) is 0 Å². The highest BCUT2D eigenvalue weighted by Gasteiger charge is 2.18. The Kier molecular flexibility index (Phi) is 6.97. The predicted octanol–water partition coefficient (Wildman–Crippen LogP) is 3.73. The molecule has 1 heterocycles. The van der Waals surface area contributed by atoms with Crippen LogP contribution in [0.1, 0.15) is 67.6 Å². The molecule has 1 unspecified atom stereocenters. The predicted molar refractivity (Wildman–Crippen MR) is 82.9 cm³/mol. The molecule has 0 bridgehead atoms. The molecule has 0 aliphatic carbocycles. The van der Waals surface area contributed by atoms with Gasteiger partial charge in [0.05, 0.1) is 10.7 Å². The van der Waals surface area contributed by atoms with Crippen LogP contribution in [0.3, 0.4) is 0 Å². The minimum absolute atomic E-state index is 0.310. The maximum atomic E-state index is 8.79. The number of thiazole rings is 1. The van der Waals surface area contributed by atoms with Gasteiger partial charge in [-0.3, -0.25) is 4.90 Å². The van der Waals surface area contributed by atoms with Crippen LogP contribution in [-0.4, -0.2) is 35.2 Å². The number of aliphatic hydroxyl groups is 1. The Labute approximate surface area is 121 Å². The number of hydrogen-bond acceptors (Lipinski definition) is 4. The first-order valence-corrected chi connectivity index (χ1v) is 8.07. The molecule has 1 aromatic heterocycles. The first-order valence-electron chi connectivity index (χ1n) is 7.25. The number of unbranched alkanes of at least 4 members (excludes halogenated alkanes) is 2. The molecule has 110 valence electrons. The Bertz CT molecular complexity index is 376. The van der Waals surface area contributed by atoms with Crippen molar-refractivity contribution in [2.45, 2.75) is 58.9 Å². The summed E-state index contributed by atoms with van der Waals surface area (Å²) in [6.07, 6.45) is 3.17. The summed E-state index contributed by atoms with van der Waals surface area (Å²) >= 11 is 1.85.